The van der Waals surface area contributed by atoms with E-state index in [0.717, 1.165) is 21.0 Å². The van der Waals surface area contributed by atoms with Crippen LogP contribution in [0.25, 0.3) is 0 Å². The Morgan fingerprint density at radius 1 is 0.844 bits per heavy atom. The monoisotopic (exact) mass is 645 g/mol. The van der Waals surface area contributed by atoms with Crippen molar-refractivity contribution in [3.8, 4) is 0 Å². The Morgan fingerprint density at radius 3 is 2.11 bits per heavy atom. The first-order valence-corrected chi connectivity index (χ1v) is 16.8. The number of aryl methyl sites for hydroxylation is 2. The molecule has 0 aromatic heterocycles. The molecule has 0 aliphatic carbocycles. The van der Waals surface area contributed by atoms with Crippen molar-refractivity contribution in [3.05, 3.63) is 130 Å². The van der Waals surface area contributed by atoms with Crippen molar-refractivity contribution in [2.45, 2.75) is 64.1 Å². The van der Waals surface area contributed by atoms with Gasteiger partial charge in [-0.05, 0) is 74.2 Å². The van der Waals surface area contributed by atoms with Crippen molar-refractivity contribution in [2.75, 3.05) is 10.8 Å². The quantitative estimate of drug-likeness (QED) is 0.175. The first-order chi connectivity index (χ1) is 21.5. The van der Waals surface area contributed by atoms with E-state index in [4.69, 9.17) is 11.6 Å². The van der Waals surface area contributed by atoms with E-state index < -0.39 is 28.5 Å². The third-order valence-electron chi connectivity index (χ3n) is 7.75. The molecule has 0 heterocycles. The van der Waals surface area contributed by atoms with Gasteiger partial charge >= 0.3 is 0 Å². The van der Waals surface area contributed by atoms with Gasteiger partial charge < -0.3 is 10.2 Å². The van der Waals surface area contributed by atoms with Crippen LogP contribution in [0.4, 0.5) is 5.69 Å². The molecule has 0 fully saturated rings. The number of sulfonamides is 1. The van der Waals surface area contributed by atoms with Gasteiger partial charge in [0.1, 0.15) is 12.6 Å². The van der Waals surface area contributed by atoms with Crippen LogP contribution in [0, 0.1) is 13.8 Å². The van der Waals surface area contributed by atoms with E-state index >= 15 is 0 Å². The lowest BCUT2D eigenvalue weighted by Crippen LogP contribution is -2.54. The molecule has 0 saturated heterocycles. The number of nitrogens with one attached hydrogen (secondary N) is 1. The van der Waals surface area contributed by atoms with E-state index in [0.29, 0.717) is 22.7 Å². The van der Waals surface area contributed by atoms with E-state index in [2.05, 4.69) is 5.32 Å². The first kappa shape index (κ1) is 33.7. The summed E-state index contributed by atoms with van der Waals surface area (Å²) >= 11 is 6.23. The van der Waals surface area contributed by atoms with Crippen LogP contribution in [0.15, 0.2) is 108 Å². The number of hydrogen-bond donors (Lipinski definition) is 1. The number of carbonyl (C=O) groups excluding carboxylic acids is 2. The minimum atomic E-state index is -4.18. The van der Waals surface area contributed by atoms with Gasteiger partial charge in [-0.2, -0.15) is 0 Å². The molecule has 2 atom stereocenters. The summed E-state index contributed by atoms with van der Waals surface area (Å²) in [5.74, 6) is -0.806. The van der Waals surface area contributed by atoms with Crippen molar-refractivity contribution >= 4 is 39.1 Å². The first-order valence-electron chi connectivity index (χ1n) is 15.0. The van der Waals surface area contributed by atoms with Crippen LogP contribution in [0.1, 0.15) is 42.5 Å². The molecular formula is C36H40ClN3O4S. The maximum atomic E-state index is 14.6. The Morgan fingerprint density at radius 2 is 1.49 bits per heavy atom. The second kappa shape index (κ2) is 15.2. The van der Waals surface area contributed by atoms with E-state index in [9.17, 15) is 18.0 Å². The molecule has 4 aromatic rings. The largest absolute Gasteiger partial charge is 0.352 e. The fourth-order valence-corrected chi connectivity index (χ4v) is 6.86. The van der Waals surface area contributed by atoms with Gasteiger partial charge in [-0.3, -0.25) is 13.9 Å². The number of rotatable bonds is 13. The van der Waals surface area contributed by atoms with Gasteiger partial charge in [-0.15, -0.1) is 0 Å². The molecule has 0 aliphatic heterocycles. The fourth-order valence-electron chi connectivity index (χ4n) is 5.13. The molecule has 0 aliphatic rings. The Balaban J connectivity index is 1.83. The van der Waals surface area contributed by atoms with E-state index in [1.54, 1.807) is 43.3 Å². The Kier molecular flexibility index (Phi) is 11.4. The molecule has 4 rings (SSSR count). The number of hydrogen-bond acceptors (Lipinski definition) is 4. The van der Waals surface area contributed by atoms with Gasteiger partial charge in [-0.1, -0.05) is 96.9 Å². The van der Waals surface area contributed by atoms with Crippen LogP contribution >= 0.6 is 11.6 Å². The molecule has 0 saturated carbocycles. The van der Waals surface area contributed by atoms with Crippen LogP contribution in [-0.4, -0.2) is 43.8 Å². The average molecular weight is 646 g/mol. The maximum absolute atomic E-state index is 14.6. The summed E-state index contributed by atoms with van der Waals surface area (Å²) in [4.78, 5) is 30.1. The number of nitrogens with zero attached hydrogens (tertiary/aromatic N) is 2. The standard InChI is InChI=1S/C36H40ClN3O4S/c1-5-28(4)38-36(42)34(23-29-14-8-6-9-15-29)39(24-30-16-12-13-26(2)21-30)35(41)25-40(33-20-19-31(37)22-27(33)3)45(43,44)32-17-10-7-11-18-32/h6-22,28,34H,5,23-25H2,1-4H3,(H,38,42)/t28-,34-/m0/s1. The average Bonchev–Trinajstić information content (AvgIpc) is 3.02. The number of carbonyl (C=O) groups is 2. The minimum absolute atomic E-state index is 0.0488. The van der Waals surface area contributed by atoms with Crippen molar-refractivity contribution in [1.29, 1.82) is 0 Å². The predicted molar refractivity (Wildman–Crippen MR) is 181 cm³/mol. The van der Waals surface area contributed by atoms with E-state index in [-0.39, 0.29) is 29.8 Å². The highest BCUT2D eigenvalue weighted by atomic mass is 35.5. The van der Waals surface area contributed by atoms with Crippen molar-refractivity contribution in [1.82, 2.24) is 10.2 Å². The molecule has 236 valence electrons. The zero-order valence-corrected chi connectivity index (χ0v) is 27.7. The van der Waals surface area contributed by atoms with Gasteiger partial charge in [0.2, 0.25) is 11.8 Å². The highest BCUT2D eigenvalue weighted by Gasteiger charge is 2.35. The van der Waals surface area contributed by atoms with Gasteiger partial charge in [0.15, 0.2) is 0 Å². The van der Waals surface area contributed by atoms with Crippen molar-refractivity contribution in [2.24, 2.45) is 0 Å². The lowest BCUT2D eigenvalue weighted by molar-refractivity contribution is -0.140. The molecule has 2 amide bonds. The Hall–Kier alpha value is -4.14. The summed E-state index contributed by atoms with van der Waals surface area (Å²) in [6.45, 7) is 7.21. The van der Waals surface area contributed by atoms with Gasteiger partial charge in [0.05, 0.1) is 10.6 Å². The van der Waals surface area contributed by atoms with Gasteiger partial charge in [0.25, 0.3) is 10.0 Å². The third-order valence-corrected chi connectivity index (χ3v) is 9.75. The smallest absolute Gasteiger partial charge is 0.264 e. The predicted octanol–water partition coefficient (Wildman–Crippen LogP) is 6.71. The number of benzene rings is 4. The van der Waals surface area contributed by atoms with Gasteiger partial charge in [-0.25, -0.2) is 8.42 Å². The summed E-state index contributed by atoms with van der Waals surface area (Å²) in [5.41, 5.74) is 3.64. The zero-order valence-electron chi connectivity index (χ0n) is 26.1. The summed E-state index contributed by atoms with van der Waals surface area (Å²) in [7, 11) is -4.18. The highest BCUT2D eigenvalue weighted by molar-refractivity contribution is 7.92. The van der Waals surface area contributed by atoms with E-state index in [1.807, 2.05) is 75.4 Å². The van der Waals surface area contributed by atoms with Crippen LogP contribution in [0.5, 0.6) is 0 Å². The Labute approximate surface area is 271 Å². The van der Waals surface area contributed by atoms with E-state index in [1.165, 1.54) is 17.0 Å². The number of halogens is 1. The van der Waals surface area contributed by atoms with Crippen molar-refractivity contribution < 1.29 is 18.0 Å². The molecule has 1 N–H and O–H groups in total. The second-order valence-corrected chi connectivity index (χ2v) is 13.6. The lowest BCUT2D eigenvalue weighted by Gasteiger charge is -2.34. The molecule has 4 aromatic carbocycles. The minimum Gasteiger partial charge on any atom is -0.352 e. The highest BCUT2D eigenvalue weighted by Crippen LogP contribution is 2.29. The molecule has 0 radical (unpaired) electrons. The summed E-state index contributed by atoms with van der Waals surface area (Å²) < 4.78 is 29.4. The maximum Gasteiger partial charge on any atom is 0.264 e. The molecular weight excluding hydrogens is 606 g/mol. The molecule has 7 nitrogen and oxygen atoms in total. The van der Waals surface area contributed by atoms with Crippen LogP contribution in [0.3, 0.4) is 0 Å². The summed E-state index contributed by atoms with van der Waals surface area (Å²) in [6.07, 6.45) is 0.973. The normalized spacial score (nSPS) is 12.6. The van der Waals surface area contributed by atoms with Crippen molar-refractivity contribution in [3.63, 3.8) is 0 Å². The zero-order chi connectivity index (χ0) is 32.6. The van der Waals surface area contributed by atoms with Crippen LogP contribution in [-0.2, 0) is 32.6 Å². The lowest BCUT2D eigenvalue weighted by atomic mass is 10.0. The van der Waals surface area contributed by atoms with Crippen LogP contribution < -0.4 is 9.62 Å². The third kappa shape index (κ3) is 8.74. The topological polar surface area (TPSA) is 86.8 Å². The molecule has 9 heteroatoms. The summed E-state index contributed by atoms with van der Waals surface area (Å²) in [5, 5.41) is 3.51. The molecule has 0 spiro atoms. The molecule has 45 heavy (non-hydrogen) atoms. The Bertz CT molecular complexity index is 1720. The summed E-state index contributed by atoms with van der Waals surface area (Å²) in [6, 6.07) is 29.1. The fraction of sp³-hybridized carbons (Fsp3) is 0.278. The number of amides is 2. The van der Waals surface area contributed by atoms with Gasteiger partial charge in [0, 0.05) is 24.0 Å². The molecule has 0 bridgehead atoms. The number of anilines is 1. The molecule has 0 unspecified atom stereocenters. The SMILES string of the molecule is CC[C@H](C)NC(=O)[C@H](Cc1ccccc1)N(Cc1cccc(C)c1)C(=O)CN(c1ccc(Cl)cc1C)S(=O)(=O)c1ccccc1. The second-order valence-electron chi connectivity index (χ2n) is 11.3. The van der Waals surface area contributed by atoms with Crippen LogP contribution in [0.2, 0.25) is 5.02 Å².